The lowest BCUT2D eigenvalue weighted by Crippen LogP contribution is -2.43. The molecule has 144 valence electrons. The highest BCUT2D eigenvalue weighted by atomic mass is 35.5. The van der Waals surface area contributed by atoms with Crippen molar-refractivity contribution >= 4 is 17.4 Å². The van der Waals surface area contributed by atoms with Gasteiger partial charge in [0.2, 0.25) is 0 Å². The smallest absolute Gasteiger partial charge is 0.144 e. The summed E-state index contributed by atoms with van der Waals surface area (Å²) in [6.45, 7) is 2.87. The van der Waals surface area contributed by atoms with E-state index >= 15 is 0 Å². The van der Waals surface area contributed by atoms with Crippen LogP contribution in [0.2, 0.25) is 5.02 Å². The number of aromatic nitrogens is 2. The number of fused-ring (bicyclic) bond motifs is 1. The lowest BCUT2D eigenvalue weighted by molar-refractivity contribution is 0.0735. The Kier molecular flexibility index (Phi) is 5.48. The van der Waals surface area contributed by atoms with E-state index in [0.29, 0.717) is 16.9 Å². The van der Waals surface area contributed by atoms with Crippen LogP contribution in [0.25, 0.3) is 0 Å². The van der Waals surface area contributed by atoms with Crippen LogP contribution in [0, 0.1) is 11.8 Å². The Morgan fingerprint density at radius 3 is 2.81 bits per heavy atom. The Bertz CT molecular complexity index is 776. The van der Waals surface area contributed by atoms with Gasteiger partial charge in [0.25, 0.3) is 0 Å². The molecule has 1 aliphatic heterocycles. The number of anilines is 1. The average molecular weight is 389 g/mol. The predicted octanol–water partition coefficient (Wildman–Crippen LogP) is 2.82. The number of aliphatic hydroxyl groups is 1. The molecule has 2 N–H and O–H groups in total. The second-order valence-electron chi connectivity index (χ2n) is 7.55. The Morgan fingerprint density at radius 1 is 1.26 bits per heavy atom. The third kappa shape index (κ3) is 4.18. The van der Waals surface area contributed by atoms with Gasteiger partial charge in [-0.3, -0.25) is 9.88 Å². The van der Waals surface area contributed by atoms with E-state index in [1.807, 2.05) is 18.2 Å². The number of likely N-dealkylation sites (tertiary alicyclic amines) is 1. The molecule has 0 bridgehead atoms. The van der Waals surface area contributed by atoms with Gasteiger partial charge in [0, 0.05) is 42.6 Å². The van der Waals surface area contributed by atoms with Crippen LogP contribution in [0.1, 0.15) is 18.4 Å². The highest BCUT2D eigenvalue weighted by Crippen LogP contribution is 2.38. The summed E-state index contributed by atoms with van der Waals surface area (Å²) in [6.07, 6.45) is 6.41. The quantitative estimate of drug-likeness (QED) is 0.820. The van der Waals surface area contributed by atoms with Crippen molar-refractivity contribution in [2.24, 2.45) is 11.8 Å². The number of halogens is 1. The minimum absolute atomic E-state index is 0.0213. The summed E-state index contributed by atoms with van der Waals surface area (Å²) < 4.78 is 5.48. The van der Waals surface area contributed by atoms with Crippen molar-refractivity contribution in [3.05, 3.63) is 47.4 Å². The molecule has 0 amide bonds. The normalized spacial score (nSPS) is 28.0. The molecule has 0 radical (unpaired) electrons. The van der Waals surface area contributed by atoms with Gasteiger partial charge in [-0.1, -0.05) is 17.7 Å². The third-order valence-corrected chi connectivity index (χ3v) is 5.99. The van der Waals surface area contributed by atoms with Gasteiger partial charge in [-0.2, -0.15) is 0 Å². The number of nitrogens with one attached hydrogen (secondary N) is 1. The highest BCUT2D eigenvalue weighted by Gasteiger charge is 2.41. The Labute approximate surface area is 164 Å². The maximum absolute atomic E-state index is 10.6. The van der Waals surface area contributed by atoms with Crippen molar-refractivity contribution in [3.63, 3.8) is 0 Å². The number of nitrogens with zero attached hydrogens (tertiary/aromatic N) is 3. The fourth-order valence-corrected chi connectivity index (χ4v) is 4.63. The van der Waals surface area contributed by atoms with Gasteiger partial charge in [-0.05, 0) is 36.8 Å². The third-order valence-electron chi connectivity index (χ3n) is 5.76. The minimum atomic E-state index is -0.363. The summed E-state index contributed by atoms with van der Waals surface area (Å²) >= 11 is 6.07. The zero-order valence-corrected chi connectivity index (χ0v) is 16.1. The second-order valence-corrected chi connectivity index (χ2v) is 7.99. The number of hydrogen-bond acceptors (Lipinski definition) is 6. The van der Waals surface area contributed by atoms with Crippen LogP contribution in [-0.4, -0.2) is 52.3 Å². The zero-order valence-electron chi connectivity index (χ0n) is 15.4. The molecular formula is C20H25ClN4O2. The molecule has 2 fully saturated rings. The van der Waals surface area contributed by atoms with Crippen molar-refractivity contribution in [1.82, 2.24) is 14.9 Å². The molecule has 0 unspecified atom stereocenters. The Hall–Kier alpha value is -1.89. The summed E-state index contributed by atoms with van der Waals surface area (Å²) in [5, 5.41) is 14.6. The molecule has 4 atom stereocenters. The summed E-state index contributed by atoms with van der Waals surface area (Å²) in [4.78, 5) is 10.8. The molecule has 4 rings (SSSR count). The topological polar surface area (TPSA) is 70.5 Å². The number of methoxy groups -OCH3 is 1. The molecule has 1 aliphatic carbocycles. The minimum Gasteiger partial charge on any atom is -0.496 e. The standard InChI is InChI=1S/C20H25ClN4O2/c1-27-19-8-16(21)3-2-13(19)10-25-11-14-6-17(18(26)7-15(14)12-25)24-20-9-22-4-5-23-20/h2-5,8-9,14-15,17-18,26H,6-7,10-12H2,1H3,(H,23,24)/t14-,15+,17-,18-/m1/s1. The molecule has 27 heavy (non-hydrogen) atoms. The lowest BCUT2D eigenvalue weighted by Gasteiger charge is -2.35. The maximum atomic E-state index is 10.6. The largest absolute Gasteiger partial charge is 0.496 e. The van der Waals surface area contributed by atoms with Crippen LogP contribution in [0.5, 0.6) is 5.75 Å². The molecule has 1 aromatic carbocycles. The van der Waals surface area contributed by atoms with Crippen molar-refractivity contribution in [2.45, 2.75) is 31.5 Å². The van der Waals surface area contributed by atoms with E-state index in [2.05, 4.69) is 20.2 Å². The number of benzene rings is 1. The van der Waals surface area contributed by atoms with E-state index in [-0.39, 0.29) is 12.1 Å². The van der Waals surface area contributed by atoms with Crippen LogP contribution >= 0.6 is 11.6 Å². The lowest BCUT2D eigenvalue weighted by atomic mass is 9.77. The molecule has 2 aromatic rings. The fourth-order valence-electron chi connectivity index (χ4n) is 4.47. The van der Waals surface area contributed by atoms with Gasteiger partial charge in [0.15, 0.2) is 0 Å². The maximum Gasteiger partial charge on any atom is 0.144 e. The van der Waals surface area contributed by atoms with E-state index in [9.17, 15) is 5.11 Å². The first-order valence-corrected chi connectivity index (χ1v) is 9.75. The fraction of sp³-hybridized carbons (Fsp3) is 0.500. The molecule has 1 saturated carbocycles. The predicted molar refractivity (Wildman–Crippen MR) is 105 cm³/mol. The van der Waals surface area contributed by atoms with Crippen LogP contribution in [0.4, 0.5) is 5.82 Å². The van der Waals surface area contributed by atoms with Gasteiger partial charge in [-0.15, -0.1) is 0 Å². The van der Waals surface area contributed by atoms with Gasteiger partial charge >= 0.3 is 0 Å². The average Bonchev–Trinajstić information content (AvgIpc) is 3.05. The monoisotopic (exact) mass is 388 g/mol. The van der Waals surface area contributed by atoms with E-state index in [1.54, 1.807) is 25.7 Å². The van der Waals surface area contributed by atoms with Crippen molar-refractivity contribution in [1.29, 1.82) is 0 Å². The molecule has 1 aromatic heterocycles. The van der Waals surface area contributed by atoms with Gasteiger partial charge in [0.05, 0.1) is 25.5 Å². The zero-order chi connectivity index (χ0) is 18.8. The SMILES string of the molecule is COc1cc(Cl)ccc1CN1C[C@H]2C[C@@H](Nc3cnccn3)[C@H](O)C[C@H]2C1. The number of aliphatic hydroxyl groups excluding tert-OH is 1. The summed E-state index contributed by atoms with van der Waals surface area (Å²) in [7, 11) is 1.68. The molecule has 2 heterocycles. The van der Waals surface area contributed by atoms with Crippen LogP contribution in [-0.2, 0) is 6.54 Å². The second kappa shape index (κ2) is 8.00. The van der Waals surface area contributed by atoms with E-state index < -0.39 is 0 Å². The molecule has 1 saturated heterocycles. The van der Waals surface area contributed by atoms with Crippen molar-refractivity contribution < 1.29 is 9.84 Å². The highest BCUT2D eigenvalue weighted by molar-refractivity contribution is 6.30. The van der Waals surface area contributed by atoms with Crippen LogP contribution in [0.15, 0.2) is 36.8 Å². The molecule has 6 nitrogen and oxygen atoms in total. The van der Waals surface area contributed by atoms with Gasteiger partial charge < -0.3 is 15.2 Å². The van der Waals surface area contributed by atoms with Crippen molar-refractivity contribution in [2.75, 3.05) is 25.5 Å². The molecule has 7 heteroatoms. The molecule has 2 aliphatic rings. The number of rotatable bonds is 5. The first-order chi connectivity index (χ1) is 13.1. The molecule has 0 spiro atoms. The van der Waals surface area contributed by atoms with Gasteiger partial charge in [0.1, 0.15) is 11.6 Å². The Morgan fingerprint density at radius 2 is 2.07 bits per heavy atom. The summed E-state index contributed by atoms with van der Waals surface area (Å²) in [5.74, 6) is 2.65. The van der Waals surface area contributed by atoms with E-state index in [0.717, 1.165) is 49.6 Å². The Balaban J connectivity index is 1.40. The molecular weight excluding hydrogens is 364 g/mol. The van der Waals surface area contributed by atoms with Crippen molar-refractivity contribution in [3.8, 4) is 5.75 Å². The summed E-state index contributed by atoms with van der Waals surface area (Å²) in [6, 6.07) is 5.83. The van der Waals surface area contributed by atoms with Crippen LogP contribution in [0.3, 0.4) is 0 Å². The van der Waals surface area contributed by atoms with E-state index in [1.165, 1.54) is 0 Å². The van der Waals surface area contributed by atoms with Crippen LogP contribution < -0.4 is 10.1 Å². The number of hydrogen-bond donors (Lipinski definition) is 2. The first-order valence-electron chi connectivity index (χ1n) is 9.37. The summed E-state index contributed by atoms with van der Waals surface area (Å²) in [5.41, 5.74) is 1.15. The van der Waals surface area contributed by atoms with Gasteiger partial charge in [-0.25, -0.2) is 4.98 Å². The number of ether oxygens (including phenoxy) is 1. The first kappa shape index (κ1) is 18.5. The van der Waals surface area contributed by atoms with E-state index in [4.69, 9.17) is 16.3 Å².